The summed E-state index contributed by atoms with van der Waals surface area (Å²) in [5, 5.41) is 20.5. The van der Waals surface area contributed by atoms with Crippen LogP contribution >= 0.6 is 11.8 Å². The standard InChI is InChI=1S/C18H17N3O3S/c1-11-6-7-12(2)15(8-11)19-16(23)10-25-18-21-20-17(24-18)13-4-3-5-14(22)9-13/h3-9,22H,10H2,1-2H3,(H,19,23). The molecule has 0 aliphatic carbocycles. The summed E-state index contributed by atoms with van der Waals surface area (Å²) in [4.78, 5) is 12.1. The Balaban J connectivity index is 1.60. The van der Waals surface area contributed by atoms with E-state index in [1.165, 1.54) is 6.07 Å². The highest BCUT2D eigenvalue weighted by Gasteiger charge is 2.12. The van der Waals surface area contributed by atoms with Crippen molar-refractivity contribution in [1.29, 1.82) is 0 Å². The molecule has 3 rings (SSSR count). The quantitative estimate of drug-likeness (QED) is 0.677. The molecule has 1 heterocycles. The van der Waals surface area contributed by atoms with Gasteiger partial charge >= 0.3 is 0 Å². The van der Waals surface area contributed by atoms with Crippen LogP contribution in [0, 0.1) is 13.8 Å². The number of aryl methyl sites for hydroxylation is 2. The predicted octanol–water partition coefficient (Wildman–Crippen LogP) is 3.79. The van der Waals surface area contributed by atoms with Crippen LogP contribution in [-0.2, 0) is 4.79 Å². The van der Waals surface area contributed by atoms with Crippen molar-refractivity contribution in [3.63, 3.8) is 0 Å². The van der Waals surface area contributed by atoms with Crippen LogP contribution in [-0.4, -0.2) is 27.0 Å². The highest BCUT2D eigenvalue weighted by Crippen LogP contribution is 2.25. The summed E-state index contributed by atoms with van der Waals surface area (Å²) in [6.07, 6.45) is 0. The number of nitrogens with one attached hydrogen (secondary N) is 1. The zero-order valence-electron chi connectivity index (χ0n) is 13.8. The summed E-state index contributed by atoms with van der Waals surface area (Å²) in [5.41, 5.74) is 3.52. The van der Waals surface area contributed by atoms with Gasteiger partial charge in [-0.15, -0.1) is 10.2 Å². The topological polar surface area (TPSA) is 88.2 Å². The first-order chi connectivity index (χ1) is 12.0. The molecular formula is C18H17N3O3S. The van der Waals surface area contributed by atoms with E-state index in [-0.39, 0.29) is 17.4 Å². The number of amides is 1. The second kappa shape index (κ2) is 7.40. The minimum absolute atomic E-state index is 0.123. The molecule has 0 spiro atoms. The number of anilines is 1. The third kappa shape index (κ3) is 4.39. The zero-order valence-corrected chi connectivity index (χ0v) is 14.6. The Labute approximate surface area is 149 Å². The van der Waals surface area contributed by atoms with Gasteiger partial charge in [0.15, 0.2) is 0 Å². The summed E-state index contributed by atoms with van der Waals surface area (Å²) < 4.78 is 5.52. The minimum Gasteiger partial charge on any atom is -0.508 e. The second-order valence-corrected chi connectivity index (χ2v) is 6.51. The van der Waals surface area contributed by atoms with E-state index in [4.69, 9.17) is 4.42 Å². The maximum absolute atomic E-state index is 12.1. The zero-order chi connectivity index (χ0) is 17.8. The van der Waals surface area contributed by atoms with Gasteiger partial charge in [-0.25, -0.2) is 0 Å². The van der Waals surface area contributed by atoms with Gasteiger partial charge in [0.25, 0.3) is 5.22 Å². The molecule has 3 aromatic rings. The second-order valence-electron chi connectivity index (χ2n) is 5.58. The van der Waals surface area contributed by atoms with Crippen molar-refractivity contribution in [2.75, 3.05) is 11.1 Å². The van der Waals surface area contributed by atoms with Gasteiger partial charge in [-0.1, -0.05) is 30.0 Å². The molecule has 2 aromatic carbocycles. The smallest absolute Gasteiger partial charge is 0.277 e. The van der Waals surface area contributed by atoms with Gasteiger partial charge in [0.1, 0.15) is 5.75 Å². The molecule has 0 radical (unpaired) electrons. The number of aromatic nitrogens is 2. The number of hydrogen-bond donors (Lipinski definition) is 2. The third-order valence-corrected chi connectivity index (χ3v) is 4.31. The van der Waals surface area contributed by atoms with Crippen LogP contribution in [0.15, 0.2) is 52.1 Å². The van der Waals surface area contributed by atoms with Gasteiger partial charge < -0.3 is 14.8 Å². The highest BCUT2D eigenvalue weighted by atomic mass is 32.2. The monoisotopic (exact) mass is 355 g/mol. The van der Waals surface area contributed by atoms with E-state index in [0.29, 0.717) is 16.7 Å². The first-order valence-electron chi connectivity index (χ1n) is 7.64. The van der Waals surface area contributed by atoms with Crippen molar-refractivity contribution < 1.29 is 14.3 Å². The average molecular weight is 355 g/mol. The first kappa shape index (κ1) is 17.0. The van der Waals surface area contributed by atoms with E-state index < -0.39 is 0 Å². The lowest BCUT2D eigenvalue weighted by atomic mass is 10.1. The van der Waals surface area contributed by atoms with Crippen molar-refractivity contribution >= 4 is 23.4 Å². The highest BCUT2D eigenvalue weighted by molar-refractivity contribution is 7.99. The lowest BCUT2D eigenvalue weighted by Crippen LogP contribution is -2.14. The molecule has 0 unspecified atom stereocenters. The van der Waals surface area contributed by atoms with E-state index in [1.54, 1.807) is 18.2 Å². The Morgan fingerprint density at radius 2 is 2.04 bits per heavy atom. The number of aromatic hydroxyl groups is 1. The Morgan fingerprint density at radius 3 is 2.84 bits per heavy atom. The fourth-order valence-electron chi connectivity index (χ4n) is 2.21. The van der Waals surface area contributed by atoms with Crippen LogP contribution in [0.25, 0.3) is 11.5 Å². The van der Waals surface area contributed by atoms with Crippen LogP contribution in [0.1, 0.15) is 11.1 Å². The summed E-state index contributed by atoms with van der Waals surface area (Å²) in [5.74, 6) is 0.441. The first-order valence-corrected chi connectivity index (χ1v) is 8.62. The molecule has 0 saturated carbocycles. The van der Waals surface area contributed by atoms with Gasteiger partial charge in [0.2, 0.25) is 11.8 Å². The van der Waals surface area contributed by atoms with E-state index in [1.807, 2.05) is 32.0 Å². The molecule has 128 valence electrons. The fourth-order valence-corrected chi connectivity index (χ4v) is 2.77. The Morgan fingerprint density at radius 1 is 1.20 bits per heavy atom. The summed E-state index contributed by atoms with van der Waals surface area (Å²) >= 11 is 1.16. The average Bonchev–Trinajstić information content (AvgIpc) is 3.05. The van der Waals surface area contributed by atoms with Gasteiger partial charge in [0.05, 0.1) is 5.75 Å². The third-order valence-electron chi connectivity index (χ3n) is 3.49. The van der Waals surface area contributed by atoms with E-state index in [9.17, 15) is 9.90 Å². The van der Waals surface area contributed by atoms with Crippen LogP contribution in [0.4, 0.5) is 5.69 Å². The molecule has 25 heavy (non-hydrogen) atoms. The molecule has 0 fully saturated rings. The molecule has 0 atom stereocenters. The molecule has 1 amide bonds. The molecule has 0 aliphatic rings. The molecule has 7 heteroatoms. The van der Waals surface area contributed by atoms with Gasteiger partial charge in [-0.05, 0) is 49.2 Å². The summed E-state index contributed by atoms with van der Waals surface area (Å²) in [7, 11) is 0. The number of nitrogens with zero attached hydrogens (tertiary/aromatic N) is 2. The van der Waals surface area contributed by atoms with Crippen LogP contribution in [0.5, 0.6) is 5.75 Å². The van der Waals surface area contributed by atoms with E-state index in [0.717, 1.165) is 28.6 Å². The molecular weight excluding hydrogens is 338 g/mol. The molecule has 1 aromatic heterocycles. The number of carbonyl (C=O) groups excluding carboxylic acids is 1. The van der Waals surface area contributed by atoms with Crippen LogP contribution in [0.2, 0.25) is 0 Å². The number of phenols is 1. The normalized spacial score (nSPS) is 10.6. The Bertz CT molecular complexity index is 908. The number of carbonyl (C=O) groups is 1. The molecule has 2 N–H and O–H groups in total. The van der Waals surface area contributed by atoms with Gasteiger partial charge in [0, 0.05) is 11.3 Å². The van der Waals surface area contributed by atoms with Crippen molar-refractivity contribution in [2.45, 2.75) is 19.1 Å². The molecule has 6 nitrogen and oxygen atoms in total. The van der Waals surface area contributed by atoms with Crippen molar-refractivity contribution in [3.05, 3.63) is 53.6 Å². The molecule has 0 aliphatic heterocycles. The van der Waals surface area contributed by atoms with Crippen molar-refractivity contribution in [3.8, 4) is 17.2 Å². The number of rotatable bonds is 5. The summed E-state index contributed by atoms with van der Waals surface area (Å²) in [6, 6.07) is 12.5. The Hall–Kier alpha value is -2.80. The molecule has 0 saturated heterocycles. The Kier molecular flexibility index (Phi) is 5.04. The lowest BCUT2D eigenvalue weighted by Gasteiger charge is -2.08. The van der Waals surface area contributed by atoms with Crippen molar-refractivity contribution in [1.82, 2.24) is 10.2 Å². The van der Waals surface area contributed by atoms with Gasteiger partial charge in [-0.3, -0.25) is 4.79 Å². The van der Waals surface area contributed by atoms with Crippen molar-refractivity contribution in [2.24, 2.45) is 0 Å². The number of phenolic OH excluding ortho intramolecular Hbond substituents is 1. The van der Waals surface area contributed by atoms with E-state index >= 15 is 0 Å². The minimum atomic E-state index is -0.143. The maximum Gasteiger partial charge on any atom is 0.277 e. The van der Waals surface area contributed by atoms with Crippen LogP contribution in [0.3, 0.4) is 0 Å². The number of benzene rings is 2. The summed E-state index contributed by atoms with van der Waals surface area (Å²) in [6.45, 7) is 3.92. The van der Waals surface area contributed by atoms with E-state index in [2.05, 4.69) is 15.5 Å². The predicted molar refractivity (Wildman–Crippen MR) is 96.7 cm³/mol. The van der Waals surface area contributed by atoms with Gasteiger partial charge in [-0.2, -0.15) is 0 Å². The molecule has 0 bridgehead atoms. The van der Waals surface area contributed by atoms with Crippen LogP contribution < -0.4 is 5.32 Å². The fraction of sp³-hybridized carbons (Fsp3) is 0.167. The number of hydrogen-bond acceptors (Lipinski definition) is 6. The SMILES string of the molecule is Cc1ccc(C)c(NC(=O)CSc2nnc(-c3cccc(O)c3)o2)c1. The lowest BCUT2D eigenvalue weighted by molar-refractivity contribution is -0.113. The largest absolute Gasteiger partial charge is 0.508 e. The maximum atomic E-state index is 12.1. The number of thioether (sulfide) groups is 1.